The molecule has 21 heavy (non-hydrogen) atoms. The summed E-state index contributed by atoms with van der Waals surface area (Å²) in [7, 11) is 0. The first-order valence-corrected chi connectivity index (χ1v) is 8.43. The Kier molecular flexibility index (Phi) is 4.88. The highest BCUT2D eigenvalue weighted by Gasteiger charge is 2.37. The van der Waals surface area contributed by atoms with Gasteiger partial charge in [0.2, 0.25) is 0 Å². The molecule has 1 aliphatic rings. The van der Waals surface area contributed by atoms with Crippen LogP contribution in [-0.4, -0.2) is 39.9 Å². The van der Waals surface area contributed by atoms with Crippen molar-refractivity contribution in [2.45, 2.75) is 24.5 Å². The van der Waals surface area contributed by atoms with Gasteiger partial charge in [-0.25, -0.2) is 4.39 Å². The maximum Gasteiger partial charge on any atom is 0.253 e. The van der Waals surface area contributed by atoms with E-state index < -0.39 is 0 Å². The summed E-state index contributed by atoms with van der Waals surface area (Å²) in [5.74, 6) is -0.351. The van der Waals surface area contributed by atoms with Crippen molar-refractivity contribution in [3.63, 3.8) is 0 Å². The summed E-state index contributed by atoms with van der Waals surface area (Å²) in [6.45, 7) is 2.90. The molecule has 0 spiro atoms. The van der Waals surface area contributed by atoms with Gasteiger partial charge in [-0.15, -0.1) is 0 Å². The number of amides is 1. The molecule has 1 saturated heterocycles. The van der Waals surface area contributed by atoms with Crippen molar-refractivity contribution >= 4 is 34.9 Å². The SMILES string of the molecule is CSC1(C(N)=S)CCN(C(=O)c2ccc(F)c(C)c2)CC1. The minimum Gasteiger partial charge on any atom is -0.392 e. The summed E-state index contributed by atoms with van der Waals surface area (Å²) in [6, 6.07) is 4.48. The highest BCUT2D eigenvalue weighted by Crippen LogP contribution is 2.35. The third-order valence-corrected chi connectivity index (χ3v) is 6.03. The number of hydrogen-bond acceptors (Lipinski definition) is 3. The van der Waals surface area contributed by atoms with Gasteiger partial charge >= 0.3 is 0 Å². The fourth-order valence-corrected chi connectivity index (χ4v) is 3.83. The molecule has 1 fully saturated rings. The molecule has 2 N–H and O–H groups in total. The first kappa shape index (κ1) is 16.2. The highest BCUT2D eigenvalue weighted by atomic mass is 32.2. The van der Waals surface area contributed by atoms with E-state index in [-0.39, 0.29) is 16.5 Å². The first-order valence-electron chi connectivity index (χ1n) is 6.80. The number of rotatable bonds is 3. The molecule has 0 radical (unpaired) electrons. The van der Waals surface area contributed by atoms with Gasteiger partial charge in [0, 0.05) is 18.7 Å². The number of carbonyl (C=O) groups excluding carboxylic acids is 1. The van der Waals surface area contributed by atoms with Crippen LogP contribution in [0, 0.1) is 12.7 Å². The minimum absolute atomic E-state index is 0.0595. The van der Waals surface area contributed by atoms with Gasteiger partial charge in [0.25, 0.3) is 5.91 Å². The summed E-state index contributed by atoms with van der Waals surface area (Å²) in [5, 5.41) is 0. The van der Waals surface area contributed by atoms with Crippen LogP contribution in [0.25, 0.3) is 0 Å². The molecule has 0 aromatic heterocycles. The zero-order valence-electron chi connectivity index (χ0n) is 12.2. The van der Waals surface area contributed by atoms with Crippen LogP contribution in [0.15, 0.2) is 18.2 Å². The Bertz CT molecular complexity index is 569. The summed E-state index contributed by atoms with van der Waals surface area (Å²) in [4.78, 5) is 14.8. The topological polar surface area (TPSA) is 46.3 Å². The predicted octanol–water partition coefficient (Wildman–Crippen LogP) is 2.76. The number of likely N-dealkylation sites (tertiary alicyclic amines) is 1. The lowest BCUT2D eigenvalue weighted by atomic mass is 9.95. The van der Waals surface area contributed by atoms with E-state index in [1.54, 1.807) is 29.7 Å². The molecule has 1 aromatic carbocycles. The first-order chi connectivity index (χ1) is 9.89. The molecular formula is C15H19FN2OS2. The van der Waals surface area contributed by atoms with E-state index >= 15 is 0 Å². The van der Waals surface area contributed by atoms with Gasteiger partial charge < -0.3 is 10.6 Å². The van der Waals surface area contributed by atoms with E-state index in [1.807, 2.05) is 6.26 Å². The largest absolute Gasteiger partial charge is 0.392 e. The zero-order chi connectivity index (χ0) is 15.6. The molecule has 114 valence electrons. The van der Waals surface area contributed by atoms with Crippen molar-refractivity contribution < 1.29 is 9.18 Å². The lowest BCUT2D eigenvalue weighted by Crippen LogP contribution is -2.50. The molecule has 1 heterocycles. The maximum absolute atomic E-state index is 13.3. The molecule has 2 rings (SSSR count). The normalized spacial score (nSPS) is 17.6. The van der Waals surface area contributed by atoms with Crippen LogP contribution in [0.3, 0.4) is 0 Å². The molecule has 0 bridgehead atoms. The van der Waals surface area contributed by atoms with Crippen LogP contribution >= 0.6 is 24.0 Å². The van der Waals surface area contributed by atoms with Gasteiger partial charge in [-0.3, -0.25) is 4.79 Å². The van der Waals surface area contributed by atoms with Crippen LogP contribution < -0.4 is 5.73 Å². The molecule has 1 aliphatic heterocycles. The summed E-state index contributed by atoms with van der Waals surface area (Å²) >= 11 is 6.83. The average Bonchev–Trinajstić information content (AvgIpc) is 2.49. The van der Waals surface area contributed by atoms with Gasteiger partial charge in [-0.05, 0) is 49.8 Å². The van der Waals surface area contributed by atoms with E-state index in [0.29, 0.717) is 29.2 Å². The van der Waals surface area contributed by atoms with Gasteiger partial charge in [-0.1, -0.05) is 12.2 Å². The van der Waals surface area contributed by atoms with E-state index in [2.05, 4.69) is 0 Å². The van der Waals surface area contributed by atoms with Gasteiger partial charge in [0.1, 0.15) is 5.82 Å². The van der Waals surface area contributed by atoms with E-state index in [0.717, 1.165) is 12.8 Å². The summed E-state index contributed by atoms with van der Waals surface area (Å²) < 4.78 is 13.1. The minimum atomic E-state index is -0.292. The van der Waals surface area contributed by atoms with Crippen molar-refractivity contribution in [2.75, 3.05) is 19.3 Å². The highest BCUT2D eigenvalue weighted by molar-refractivity contribution is 8.02. The van der Waals surface area contributed by atoms with Crippen molar-refractivity contribution in [1.82, 2.24) is 4.90 Å². The standard InChI is InChI=1S/C15H19FN2OS2/c1-10-9-11(3-4-12(10)16)13(19)18-7-5-15(21-2,6-8-18)14(17)20/h3-4,9H,5-8H2,1-2H3,(H2,17,20). The fourth-order valence-electron chi connectivity index (χ4n) is 2.58. The number of aryl methyl sites for hydroxylation is 1. The Morgan fingerprint density at radius 2 is 2.05 bits per heavy atom. The molecule has 0 saturated carbocycles. The molecule has 0 aliphatic carbocycles. The van der Waals surface area contributed by atoms with E-state index in [1.165, 1.54) is 12.1 Å². The zero-order valence-corrected chi connectivity index (χ0v) is 13.8. The second-order valence-corrected chi connectivity index (χ2v) is 6.95. The van der Waals surface area contributed by atoms with Crippen LogP contribution in [-0.2, 0) is 0 Å². The lowest BCUT2D eigenvalue weighted by molar-refractivity contribution is 0.0718. The predicted molar refractivity (Wildman–Crippen MR) is 89.3 cm³/mol. The lowest BCUT2D eigenvalue weighted by Gasteiger charge is -2.40. The number of piperidine rings is 1. The molecule has 1 aromatic rings. The maximum atomic E-state index is 13.3. The molecule has 3 nitrogen and oxygen atoms in total. The quantitative estimate of drug-likeness (QED) is 0.868. The number of hydrogen-bond donors (Lipinski definition) is 1. The number of halogens is 1. The number of carbonyl (C=O) groups is 1. The van der Waals surface area contributed by atoms with Crippen LogP contribution in [0.2, 0.25) is 0 Å². The van der Waals surface area contributed by atoms with Gasteiger partial charge in [0.05, 0.1) is 9.74 Å². The van der Waals surface area contributed by atoms with Crippen LogP contribution in [0.5, 0.6) is 0 Å². The number of nitrogens with zero attached hydrogens (tertiary/aromatic N) is 1. The summed E-state index contributed by atoms with van der Waals surface area (Å²) in [5.41, 5.74) is 6.86. The van der Waals surface area contributed by atoms with Crippen LogP contribution in [0.4, 0.5) is 4.39 Å². The Balaban J connectivity index is 2.09. The Labute approximate surface area is 134 Å². The van der Waals surface area contributed by atoms with Crippen LogP contribution in [0.1, 0.15) is 28.8 Å². The molecule has 0 unspecified atom stereocenters. The smallest absolute Gasteiger partial charge is 0.253 e. The summed E-state index contributed by atoms with van der Waals surface area (Å²) in [6.07, 6.45) is 3.52. The molecular weight excluding hydrogens is 307 g/mol. The Morgan fingerprint density at radius 1 is 1.43 bits per heavy atom. The molecule has 1 amide bonds. The van der Waals surface area contributed by atoms with Gasteiger partial charge in [-0.2, -0.15) is 11.8 Å². The van der Waals surface area contributed by atoms with Crippen molar-refractivity contribution in [2.24, 2.45) is 5.73 Å². The van der Waals surface area contributed by atoms with E-state index in [9.17, 15) is 9.18 Å². The number of thiocarbonyl (C=S) groups is 1. The van der Waals surface area contributed by atoms with Crippen molar-refractivity contribution in [1.29, 1.82) is 0 Å². The third kappa shape index (κ3) is 3.21. The number of thioether (sulfide) groups is 1. The Hall–Kier alpha value is -1.14. The van der Waals surface area contributed by atoms with E-state index in [4.69, 9.17) is 18.0 Å². The number of nitrogens with two attached hydrogens (primary N) is 1. The third-order valence-electron chi connectivity index (χ3n) is 4.10. The average molecular weight is 326 g/mol. The second kappa shape index (κ2) is 6.32. The van der Waals surface area contributed by atoms with Crippen molar-refractivity contribution in [3.05, 3.63) is 35.1 Å². The second-order valence-electron chi connectivity index (χ2n) is 5.32. The van der Waals surface area contributed by atoms with Crippen molar-refractivity contribution in [3.8, 4) is 0 Å². The Morgan fingerprint density at radius 3 is 2.52 bits per heavy atom. The molecule has 6 heteroatoms. The number of benzene rings is 1. The molecule has 0 atom stereocenters. The van der Waals surface area contributed by atoms with Gasteiger partial charge in [0.15, 0.2) is 0 Å². The monoisotopic (exact) mass is 326 g/mol. The fraction of sp³-hybridized carbons (Fsp3) is 0.467.